The molecule has 0 unspecified atom stereocenters. The number of nitrogens with zero attached hydrogens (tertiary/aromatic N) is 3. The van der Waals surface area contributed by atoms with Gasteiger partial charge in [-0.25, -0.2) is 0 Å². The molecule has 2 heterocycles. The van der Waals surface area contributed by atoms with Gasteiger partial charge in [0, 0.05) is 26.2 Å². The standard InChI is InChI=1S/C21H34N4O/c22-21(25-15-3-1-2-4-16-25)23-12-11-19-7-9-20(10-8-19)26-18-17-24-13-5-6-14-24/h7-10H,1-6,11-18H2,(H2,22,23). The summed E-state index contributed by atoms with van der Waals surface area (Å²) in [5, 5.41) is 0. The zero-order valence-electron chi connectivity index (χ0n) is 16.0. The Labute approximate surface area is 158 Å². The molecule has 0 spiro atoms. The highest BCUT2D eigenvalue weighted by Crippen LogP contribution is 2.14. The van der Waals surface area contributed by atoms with Crippen molar-refractivity contribution in [2.24, 2.45) is 10.7 Å². The monoisotopic (exact) mass is 358 g/mol. The summed E-state index contributed by atoms with van der Waals surface area (Å²) < 4.78 is 5.86. The normalized spacial score (nSPS) is 19.5. The molecule has 2 aliphatic rings. The topological polar surface area (TPSA) is 54.1 Å². The van der Waals surface area contributed by atoms with Gasteiger partial charge in [0.2, 0.25) is 0 Å². The minimum absolute atomic E-state index is 0.716. The minimum atomic E-state index is 0.716. The number of likely N-dealkylation sites (tertiary alicyclic amines) is 2. The number of hydrogen-bond acceptors (Lipinski definition) is 3. The second kappa shape index (κ2) is 10.4. The largest absolute Gasteiger partial charge is 0.492 e. The Balaban J connectivity index is 1.37. The lowest BCUT2D eigenvalue weighted by atomic mass is 10.1. The van der Waals surface area contributed by atoms with Crippen LogP contribution in [0.4, 0.5) is 0 Å². The first-order valence-electron chi connectivity index (χ1n) is 10.3. The van der Waals surface area contributed by atoms with E-state index in [0.717, 1.165) is 45.0 Å². The van der Waals surface area contributed by atoms with Crippen LogP contribution in [0, 0.1) is 0 Å². The van der Waals surface area contributed by atoms with Gasteiger partial charge in [-0.15, -0.1) is 0 Å². The van der Waals surface area contributed by atoms with Gasteiger partial charge in [0.15, 0.2) is 5.96 Å². The predicted octanol–water partition coefficient (Wildman–Crippen LogP) is 2.89. The lowest BCUT2D eigenvalue weighted by Crippen LogP contribution is -2.38. The van der Waals surface area contributed by atoms with Crippen molar-refractivity contribution >= 4 is 5.96 Å². The molecule has 5 nitrogen and oxygen atoms in total. The van der Waals surface area contributed by atoms with Crippen molar-refractivity contribution in [2.75, 3.05) is 45.9 Å². The molecule has 5 heteroatoms. The molecule has 0 radical (unpaired) electrons. The minimum Gasteiger partial charge on any atom is -0.492 e. The molecule has 0 aromatic heterocycles. The fourth-order valence-corrected chi connectivity index (χ4v) is 3.75. The molecule has 26 heavy (non-hydrogen) atoms. The van der Waals surface area contributed by atoms with Crippen LogP contribution in [-0.4, -0.2) is 61.6 Å². The summed E-state index contributed by atoms with van der Waals surface area (Å²) in [6.07, 6.45) is 8.68. The third kappa shape index (κ3) is 6.20. The van der Waals surface area contributed by atoms with Crippen LogP contribution in [0.3, 0.4) is 0 Å². The van der Waals surface area contributed by atoms with E-state index in [0.29, 0.717) is 5.96 Å². The predicted molar refractivity (Wildman–Crippen MR) is 108 cm³/mol. The van der Waals surface area contributed by atoms with Crippen molar-refractivity contribution in [1.29, 1.82) is 0 Å². The van der Waals surface area contributed by atoms with Crippen LogP contribution >= 0.6 is 0 Å². The molecule has 0 aliphatic carbocycles. The lowest BCUT2D eigenvalue weighted by Gasteiger charge is -2.21. The van der Waals surface area contributed by atoms with E-state index in [1.807, 2.05) is 0 Å². The smallest absolute Gasteiger partial charge is 0.191 e. The highest BCUT2D eigenvalue weighted by Gasteiger charge is 2.11. The molecular formula is C21H34N4O. The second-order valence-electron chi connectivity index (χ2n) is 7.43. The van der Waals surface area contributed by atoms with E-state index in [9.17, 15) is 0 Å². The maximum absolute atomic E-state index is 6.16. The van der Waals surface area contributed by atoms with Crippen LogP contribution < -0.4 is 10.5 Å². The average Bonchev–Trinajstić information content (AvgIpc) is 3.02. The van der Waals surface area contributed by atoms with Crippen molar-refractivity contribution in [1.82, 2.24) is 9.80 Å². The van der Waals surface area contributed by atoms with E-state index in [1.165, 1.54) is 57.2 Å². The van der Waals surface area contributed by atoms with Gasteiger partial charge in [0.1, 0.15) is 12.4 Å². The molecule has 2 N–H and O–H groups in total. The SMILES string of the molecule is NC(=NCCc1ccc(OCCN2CCCC2)cc1)N1CCCCCC1. The maximum Gasteiger partial charge on any atom is 0.191 e. The van der Waals surface area contributed by atoms with Crippen LogP contribution in [-0.2, 0) is 6.42 Å². The molecule has 0 saturated carbocycles. The number of hydrogen-bond donors (Lipinski definition) is 1. The summed E-state index contributed by atoms with van der Waals surface area (Å²) in [5.74, 6) is 1.68. The zero-order chi connectivity index (χ0) is 18.0. The first-order chi connectivity index (χ1) is 12.8. The van der Waals surface area contributed by atoms with E-state index in [1.54, 1.807) is 0 Å². The van der Waals surface area contributed by atoms with Crippen LogP contribution in [0.2, 0.25) is 0 Å². The first-order valence-corrected chi connectivity index (χ1v) is 10.3. The van der Waals surface area contributed by atoms with E-state index >= 15 is 0 Å². The van der Waals surface area contributed by atoms with Crippen molar-refractivity contribution in [2.45, 2.75) is 44.9 Å². The van der Waals surface area contributed by atoms with Gasteiger partial charge in [-0.2, -0.15) is 0 Å². The van der Waals surface area contributed by atoms with Crippen molar-refractivity contribution in [3.05, 3.63) is 29.8 Å². The van der Waals surface area contributed by atoms with E-state index in [4.69, 9.17) is 10.5 Å². The van der Waals surface area contributed by atoms with Crippen molar-refractivity contribution in [3.8, 4) is 5.75 Å². The number of rotatable bonds is 7. The van der Waals surface area contributed by atoms with E-state index < -0.39 is 0 Å². The van der Waals surface area contributed by atoms with Gasteiger partial charge in [-0.05, 0) is 62.9 Å². The average molecular weight is 359 g/mol. The maximum atomic E-state index is 6.16. The summed E-state index contributed by atoms with van der Waals surface area (Å²) in [6.45, 7) is 7.12. The molecule has 2 saturated heterocycles. The molecule has 2 fully saturated rings. The Morgan fingerprint density at radius 1 is 0.923 bits per heavy atom. The molecule has 144 valence electrons. The third-order valence-electron chi connectivity index (χ3n) is 5.40. The molecule has 0 amide bonds. The molecule has 0 bridgehead atoms. The molecule has 3 rings (SSSR count). The number of ether oxygens (including phenoxy) is 1. The van der Waals surface area contributed by atoms with Crippen molar-refractivity contribution < 1.29 is 4.74 Å². The summed E-state index contributed by atoms with van der Waals surface area (Å²) in [5.41, 5.74) is 7.45. The molecule has 2 aliphatic heterocycles. The van der Waals surface area contributed by atoms with Crippen molar-refractivity contribution in [3.63, 3.8) is 0 Å². The summed E-state index contributed by atoms with van der Waals surface area (Å²) in [6, 6.07) is 8.42. The molecule has 0 atom stereocenters. The Morgan fingerprint density at radius 2 is 1.58 bits per heavy atom. The van der Waals surface area contributed by atoms with Gasteiger partial charge >= 0.3 is 0 Å². The number of aliphatic imine (C=N–C) groups is 1. The Hall–Kier alpha value is -1.75. The lowest BCUT2D eigenvalue weighted by molar-refractivity contribution is 0.238. The van der Waals surface area contributed by atoms with Crippen LogP contribution in [0.5, 0.6) is 5.75 Å². The van der Waals surface area contributed by atoms with Crippen LogP contribution in [0.1, 0.15) is 44.1 Å². The number of nitrogens with two attached hydrogens (primary N) is 1. The highest BCUT2D eigenvalue weighted by molar-refractivity contribution is 5.78. The van der Waals surface area contributed by atoms with Gasteiger partial charge in [0.05, 0.1) is 0 Å². The summed E-state index contributed by atoms with van der Waals surface area (Å²) in [4.78, 5) is 9.30. The van der Waals surface area contributed by atoms with Gasteiger partial charge in [-0.1, -0.05) is 25.0 Å². The van der Waals surface area contributed by atoms with E-state index in [2.05, 4.69) is 39.1 Å². The second-order valence-corrected chi connectivity index (χ2v) is 7.43. The quantitative estimate of drug-likeness (QED) is 0.601. The van der Waals surface area contributed by atoms with E-state index in [-0.39, 0.29) is 0 Å². The third-order valence-corrected chi connectivity index (χ3v) is 5.40. The van der Waals surface area contributed by atoms with Gasteiger partial charge < -0.3 is 15.4 Å². The number of guanidine groups is 1. The first kappa shape index (κ1) is 19.0. The zero-order valence-corrected chi connectivity index (χ0v) is 16.0. The fourth-order valence-electron chi connectivity index (χ4n) is 3.75. The fraction of sp³-hybridized carbons (Fsp3) is 0.667. The molecule has 1 aromatic carbocycles. The Bertz CT molecular complexity index is 544. The van der Waals surface area contributed by atoms with Crippen LogP contribution in [0.25, 0.3) is 0 Å². The van der Waals surface area contributed by atoms with Gasteiger partial charge in [0.25, 0.3) is 0 Å². The number of benzene rings is 1. The molecular weight excluding hydrogens is 324 g/mol. The highest BCUT2D eigenvalue weighted by atomic mass is 16.5. The van der Waals surface area contributed by atoms with Crippen LogP contribution in [0.15, 0.2) is 29.3 Å². The summed E-state index contributed by atoms with van der Waals surface area (Å²) >= 11 is 0. The summed E-state index contributed by atoms with van der Waals surface area (Å²) in [7, 11) is 0. The van der Waals surface area contributed by atoms with Gasteiger partial charge in [-0.3, -0.25) is 9.89 Å². The Morgan fingerprint density at radius 3 is 2.27 bits per heavy atom. The molecule has 1 aromatic rings. The Kier molecular flexibility index (Phi) is 7.62.